The summed E-state index contributed by atoms with van der Waals surface area (Å²) in [6.45, 7) is 5.03. The molecule has 0 spiro atoms. The number of benzene rings is 5. The van der Waals surface area contributed by atoms with Crippen molar-refractivity contribution >= 4 is 22.8 Å². The highest BCUT2D eigenvalue weighted by Crippen LogP contribution is 2.46. The minimum Gasteiger partial charge on any atom is -0.494 e. The Morgan fingerprint density at radius 3 is 1.63 bits per heavy atom. The van der Waals surface area contributed by atoms with E-state index in [2.05, 4.69) is 71.6 Å². The van der Waals surface area contributed by atoms with E-state index in [4.69, 9.17) is 24.5 Å². The van der Waals surface area contributed by atoms with Gasteiger partial charge in [-0.3, -0.25) is 0 Å². The van der Waals surface area contributed by atoms with Crippen LogP contribution in [0.2, 0.25) is 0 Å². The molecule has 2 heterocycles. The van der Waals surface area contributed by atoms with Crippen LogP contribution in [0, 0.1) is 0 Å². The zero-order valence-electron chi connectivity index (χ0n) is 25.9. The smallest absolute Gasteiger partial charge is 0.197 e. The second-order valence-electron chi connectivity index (χ2n) is 10.8. The van der Waals surface area contributed by atoms with Gasteiger partial charge in [-0.1, -0.05) is 121 Å². The molecule has 0 bridgehead atoms. The summed E-state index contributed by atoms with van der Waals surface area (Å²) in [7, 11) is 0. The first-order chi connectivity index (χ1) is 22.7. The van der Waals surface area contributed by atoms with Crippen LogP contribution in [-0.4, -0.2) is 30.3 Å². The van der Waals surface area contributed by atoms with Gasteiger partial charge in [0.2, 0.25) is 0 Å². The van der Waals surface area contributed by atoms with E-state index in [1.165, 1.54) is 0 Å². The molecule has 0 amide bonds. The average Bonchev–Trinajstić information content (AvgIpc) is 3.73. The SMILES string of the molecule is CCOc1ccc(N2C(=C3N=C(c4ccccc4)C(c4ccccc4)=N3)N=C(c3ccccc3)C2c2ccccc2)c(OCC)c1. The molecule has 7 rings (SSSR count). The first-order valence-corrected chi connectivity index (χ1v) is 15.7. The number of anilines is 1. The Morgan fingerprint density at radius 2 is 1.09 bits per heavy atom. The molecule has 0 saturated carbocycles. The molecule has 1 atom stereocenters. The number of aliphatic imine (C=N–C) groups is 3. The molecule has 46 heavy (non-hydrogen) atoms. The fourth-order valence-electron chi connectivity index (χ4n) is 5.92. The van der Waals surface area contributed by atoms with Crippen LogP contribution in [0.15, 0.2) is 166 Å². The van der Waals surface area contributed by atoms with Gasteiger partial charge in [-0.2, -0.15) is 0 Å². The van der Waals surface area contributed by atoms with E-state index < -0.39 is 0 Å². The van der Waals surface area contributed by atoms with Crippen molar-refractivity contribution < 1.29 is 9.47 Å². The Hall–Kier alpha value is -5.75. The lowest BCUT2D eigenvalue weighted by atomic mass is 9.95. The van der Waals surface area contributed by atoms with Gasteiger partial charge in [-0.25, -0.2) is 15.0 Å². The molecular weight excluding hydrogens is 568 g/mol. The van der Waals surface area contributed by atoms with Crippen molar-refractivity contribution in [2.24, 2.45) is 15.0 Å². The summed E-state index contributed by atoms with van der Waals surface area (Å²) >= 11 is 0. The van der Waals surface area contributed by atoms with Gasteiger partial charge in [0.15, 0.2) is 11.6 Å². The summed E-state index contributed by atoms with van der Waals surface area (Å²) in [6.07, 6.45) is 0. The zero-order valence-corrected chi connectivity index (χ0v) is 25.9. The second-order valence-corrected chi connectivity index (χ2v) is 10.8. The minimum absolute atomic E-state index is 0.269. The second kappa shape index (κ2) is 13.1. The van der Waals surface area contributed by atoms with E-state index in [1.807, 2.05) is 86.6 Å². The molecule has 2 aliphatic rings. The minimum atomic E-state index is -0.269. The third-order valence-corrected chi connectivity index (χ3v) is 7.91. The molecule has 0 aromatic heterocycles. The van der Waals surface area contributed by atoms with Crippen molar-refractivity contribution in [2.75, 3.05) is 18.1 Å². The summed E-state index contributed by atoms with van der Waals surface area (Å²) < 4.78 is 12.2. The number of hydrogen-bond acceptors (Lipinski definition) is 6. The van der Waals surface area contributed by atoms with Crippen molar-refractivity contribution in [1.82, 2.24) is 0 Å². The first-order valence-electron chi connectivity index (χ1n) is 15.7. The Morgan fingerprint density at radius 1 is 0.565 bits per heavy atom. The molecule has 226 valence electrons. The van der Waals surface area contributed by atoms with Gasteiger partial charge in [0, 0.05) is 17.2 Å². The molecule has 6 heteroatoms. The number of ether oxygens (including phenoxy) is 2. The highest BCUT2D eigenvalue weighted by atomic mass is 16.5. The van der Waals surface area contributed by atoms with Crippen LogP contribution in [0.1, 0.15) is 42.1 Å². The van der Waals surface area contributed by atoms with Crippen molar-refractivity contribution in [3.63, 3.8) is 0 Å². The van der Waals surface area contributed by atoms with Crippen molar-refractivity contribution in [3.8, 4) is 11.5 Å². The summed E-state index contributed by atoms with van der Waals surface area (Å²) in [5.74, 6) is 2.64. The quantitative estimate of drug-likeness (QED) is 0.170. The Bertz CT molecular complexity index is 1890. The molecule has 5 aromatic carbocycles. The molecule has 6 nitrogen and oxygen atoms in total. The van der Waals surface area contributed by atoms with Crippen LogP contribution >= 0.6 is 0 Å². The monoisotopic (exact) mass is 602 g/mol. The van der Waals surface area contributed by atoms with Crippen molar-refractivity contribution in [1.29, 1.82) is 0 Å². The molecule has 0 aliphatic carbocycles. The van der Waals surface area contributed by atoms with Crippen LogP contribution in [0.5, 0.6) is 11.5 Å². The van der Waals surface area contributed by atoms with Gasteiger partial charge in [-0.05, 0) is 37.1 Å². The predicted octanol–water partition coefficient (Wildman–Crippen LogP) is 8.65. The Kier molecular flexibility index (Phi) is 8.25. The third kappa shape index (κ3) is 5.61. The van der Waals surface area contributed by atoms with Gasteiger partial charge in [0.1, 0.15) is 17.5 Å². The summed E-state index contributed by atoms with van der Waals surface area (Å²) in [5.41, 5.74) is 7.49. The van der Waals surface area contributed by atoms with E-state index in [-0.39, 0.29) is 6.04 Å². The van der Waals surface area contributed by atoms with Crippen molar-refractivity contribution in [3.05, 3.63) is 173 Å². The summed E-state index contributed by atoms with van der Waals surface area (Å²) in [5, 5.41) is 0. The lowest BCUT2D eigenvalue weighted by Crippen LogP contribution is -2.28. The van der Waals surface area contributed by atoms with Gasteiger partial charge < -0.3 is 14.4 Å². The fraction of sp³-hybridized carbons (Fsp3) is 0.125. The Balaban J connectivity index is 1.51. The predicted molar refractivity (Wildman–Crippen MR) is 186 cm³/mol. The van der Waals surface area contributed by atoms with E-state index in [9.17, 15) is 0 Å². The number of hydrogen-bond donors (Lipinski definition) is 0. The van der Waals surface area contributed by atoms with Crippen LogP contribution < -0.4 is 14.4 Å². The molecular formula is C40H34N4O2. The highest BCUT2D eigenvalue weighted by Gasteiger charge is 2.40. The van der Waals surface area contributed by atoms with Crippen LogP contribution in [0.3, 0.4) is 0 Å². The maximum absolute atomic E-state index is 6.29. The average molecular weight is 603 g/mol. The molecule has 0 fully saturated rings. The fourth-order valence-corrected chi connectivity index (χ4v) is 5.92. The maximum atomic E-state index is 6.29. The summed E-state index contributed by atoms with van der Waals surface area (Å²) in [6, 6.07) is 46.9. The highest BCUT2D eigenvalue weighted by molar-refractivity contribution is 6.55. The molecule has 1 unspecified atom stereocenters. The third-order valence-electron chi connectivity index (χ3n) is 7.91. The molecule has 0 N–H and O–H groups in total. The molecule has 5 aromatic rings. The standard InChI is InChI=1S/C40H34N4O2/c1-3-45-32-25-26-33(34(27-32)46-4-2)44-38(31-23-15-8-16-24-31)37(30-21-13-7-14-22-30)43-40(44)39-41-35(28-17-9-5-10-18-28)36(42-39)29-19-11-6-12-20-29/h5-27,38H,3-4H2,1-2H3. The lowest BCUT2D eigenvalue weighted by Gasteiger charge is -2.30. The van der Waals surface area contributed by atoms with E-state index >= 15 is 0 Å². The van der Waals surface area contributed by atoms with Crippen molar-refractivity contribution in [2.45, 2.75) is 19.9 Å². The normalized spacial score (nSPS) is 15.8. The molecule has 2 aliphatic heterocycles. The van der Waals surface area contributed by atoms with E-state index in [1.54, 1.807) is 0 Å². The largest absolute Gasteiger partial charge is 0.494 e. The molecule has 0 saturated heterocycles. The zero-order chi connectivity index (χ0) is 31.3. The van der Waals surface area contributed by atoms with Crippen LogP contribution in [0.4, 0.5) is 5.69 Å². The van der Waals surface area contributed by atoms with E-state index in [0.717, 1.165) is 50.8 Å². The van der Waals surface area contributed by atoms with Gasteiger partial charge in [-0.15, -0.1) is 0 Å². The number of rotatable bonds is 9. The maximum Gasteiger partial charge on any atom is 0.197 e. The van der Waals surface area contributed by atoms with Crippen LogP contribution in [0.25, 0.3) is 0 Å². The number of nitrogens with zero attached hydrogens (tertiary/aromatic N) is 4. The topological polar surface area (TPSA) is 58.8 Å². The molecule has 0 radical (unpaired) electrons. The van der Waals surface area contributed by atoms with Gasteiger partial charge >= 0.3 is 0 Å². The lowest BCUT2D eigenvalue weighted by molar-refractivity contribution is 0.323. The Labute approximate surface area is 269 Å². The summed E-state index contributed by atoms with van der Waals surface area (Å²) in [4.78, 5) is 18.1. The first kappa shape index (κ1) is 29.0. The van der Waals surface area contributed by atoms with Gasteiger partial charge in [0.25, 0.3) is 0 Å². The van der Waals surface area contributed by atoms with Crippen LogP contribution in [-0.2, 0) is 0 Å². The van der Waals surface area contributed by atoms with E-state index in [0.29, 0.717) is 30.6 Å². The van der Waals surface area contributed by atoms with Gasteiger partial charge in [0.05, 0.1) is 36.0 Å².